The molecule has 6 heteroatoms. The predicted molar refractivity (Wildman–Crippen MR) is 107 cm³/mol. The highest BCUT2D eigenvalue weighted by molar-refractivity contribution is 5.69. The van der Waals surface area contributed by atoms with Gasteiger partial charge < -0.3 is 19.7 Å². The van der Waals surface area contributed by atoms with E-state index in [0.717, 1.165) is 31.4 Å². The van der Waals surface area contributed by atoms with Gasteiger partial charge in [-0.3, -0.25) is 0 Å². The fourth-order valence-corrected chi connectivity index (χ4v) is 4.27. The summed E-state index contributed by atoms with van der Waals surface area (Å²) in [6.07, 6.45) is 3.28. The summed E-state index contributed by atoms with van der Waals surface area (Å²) >= 11 is 0. The number of halogens is 1. The molecule has 0 unspecified atom stereocenters. The highest BCUT2D eigenvalue weighted by atomic mass is 19.1. The molecule has 2 fully saturated rings. The Bertz CT molecular complexity index is 661. The molecule has 5 nitrogen and oxygen atoms in total. The van der Waals surface area contributed by atoms with Crippen LogP contribution in [0.2, 0.25) is 0 Å². The molecule has 3 rings (SSSR count). The van der Waals surface area contributed by atoms with Crippen molar-refractivity contribution in [1.82, 2.24) is 10.2 Å². The molecule has 0 aliphatic carbocycles. The Labute approximate surface area is 167 Å². The van der Waals surface area contributed by atoms with Crippen LogP contribution in [0, 0.1) is 11.7 Å². The van der Waals surface area contributed by atoms with Gasteiger partial charge in [-0.25, -0.2) is 9.18 Å². The Morgan fingerprint density at radius 2 is 2.11 bits per heavy atom. The van der Waals surface area contributed by atoms with Crippen molar-refractivity contribution < 1.29 is 18.7 Å². The Hall–Kier alpha value is -1.66. The highest BCUT2D eigenvalue weighted by Crippen LogP contribution is 2.31. The molecule has 2 saturated heterocycles. The van der Waals surface area contributed by atoms with Gasteiger partial charge in [0, 0.05) is 31.2 Å². The molecular formula is C22H33FN2O3. The van der Waals surface area contributed by atoms with Gasteiger partial charge in [0.05, 0.1) is 6.61 Å². The van der Waals surface area contributed by atoms with E-state index in [1.165, 1.54) is 6.07 Å². The number of nitrogens with zero attached hydrogens (tertiary/aromatic N) is 1. The molecule has 1 aromatic rings. The lowest BCUT2D eigenvalue weighted by Gasteiger charge is -2.40. The zero-order valence-electron chi connectivity index (χ0n) is 17.2. The van der Waals surface area contributed by atoms with E-state index in [0.29, 0.717) is 26.2 Å². The van der Waals surface area contributed by atoms with Crippen LogP contribution in [-0.2, 0) is 15.9 Å². The van der Waals surface area contributed by atoms with Gasteiger partial charge in [-0.1, -0.05) is 18.2 Å². The number of hydrogen-bond acceptors (Lipinski definition) is 4. The van der Waals surface area contributed by atoms with Gasteiger partial charge in [-0.15, -0.1) is 0 Å². The maximum Gasteiger partial charge on any atom is 0.410 e. The molecule has 3 atom stereocenters. The fraction of sp³-hybridized carbons (Fsp3) is 0.682. The average Bonchev–Trinajstić information content (AvgIpc) is 3.12. The van der Waals surface area contributed by atoms with Crippen molar-refractivity contribution in [2.24, 2.45) is 5.92 Å². The second-order valence-corrected chi connectivity index (χ2v) is 8.81. The van der Waals surface area contributed by atoms with E-state index >= 15 is 0 Å². The molecule has 156 valence electrons. The van der Waals surface area contributed by atoms with E-state index in [2.05, 4.69) is 5.32 Å². The number of likely N-dealkylation sites (tertiary alicyclic amines) is 1. The summed E-state index contributed by atoms with van der Waals surface area (Å²) in [6, 6.07) is 7.30. The summed E-state index contributed by atoms with van der Waals surface area (Å²) in [7, 11) is 0. The second kappa shape index (κ2) is 9.23. The lowest BCUT2D eigenvalue weighted by Crippen LogP contribution is -2.53. The van der Waals surface area contributed by atoms with Gasteiger partial charge in [0.1, 0.15) is 11.4 Å². The Morgan fingerprint density at radius 1 is 1.32 bits per heavy atom. The van der Waals surface area contributed by atoms with E-state index in [-0.39, 0.29) is 29.9 Å². The van der Waals surface area contributed by atoms with Crippen LogP contribution < -0.4 is 5.32 Å². The Kier molecular flexibility index (Phi) is 6.94. The number of rotatable bonds is 5. The van der Waals surface area contributed by atoms with Gasteiger partial charge in [0.15, 0.2) is 0 Å². The molecule has 1 N–H and O–H groups in total. The summed E-state index contributed by atoms with van der Waals surface area (Å²) in [5.41, 5.74) is 0.236. The van der Waals surface area contributed by atoms with Crippen LogP contribution in [0.4, 0.5) is 9.18 Å². The van der Waals surface area contributed by atoms with Gasteiger partial charge in [-0.2, -0.15) is 0 Å². The average molecular weight is 393 g/mol. The molecule has 0 saturated carbocycles. The van der Waals surface area contributed by atoms with Crippen molar-refractivity contribution in [1.29, 1.82) is 0 Å². The van der Waals surface area contributed by atoms with Gasteiger partial charge in [-0.05, 0) is 64.6 Å². The summed E-state index contributed by atoms with van der Waals surface area (Å²) in [4.78, 5) is 14.5. The molecule has 0 aromatic heterocycles. The first kappa shape index (κ1) is 21.1. The molecular weight excluding hydrogens is 359 g/mol. The SMILES string of the molecule is CC(C)(C)OC(=O)N1CCC[C@@H]1[C@H]1COCC[C@H]1NCCc1ccccc1F. The normalized spacial score (nSPS) is 25.7. The number of amides is 1. The lowest BCUT2D eigenvalue weighted by atomic mass is 9.87. The first-order valence-electron chi connectivity index (χ1n) is 10.4. The van der Waals surface area contributed by atoms with E-state index in [4.69, 9.17) is 9.47 Å². The minimum absolute atomic E-state index is 0.126. The highest BCUT2D eigenvalue weighted by Gasteiger charge is 2.41. The summed E-state index contributed by atoms with van der Waals surface area (Å²) in [6.45, 7) is 8.49. The summed E-state index contributed by atoms with van der Waals surface area (Å²) < 4.78 is 25.2. The molecule has 0 radical (unpaired) electrons. The molecule has 28 heavy (non-hydrogen) atoms. The van der Waals surface area contributed by atoms with Crippen LogP contribution in [0.5, 0.6) is 0 Å². The van der Waals surface area contributed by atoms with Crippen LogP contribution in [0.3, 0.4) is 0 Å². The largest absolute Gasteiger partial charge is 0.444 e. The number of nitrogens with one attached hydrogen (secondary N) is 1. The first-order valence-corrected chi connectivity index (χ1v) is 10.4. The van der Waals surface area contributed by atoms with Gasteiger partial charge >= 0.3 is 6.09 Å². The smallest absolute Gasteiger partial charge is 0.410 e. The third kappa shape index (κ3) is 5.45. The number of benzene rings is 1. The standard InChI is InChI=1S/C22H33FN2O3/c1-22(2,3)28-21(26)25-13-6-9-20(25)17-15-27-14-11-19(17)24-12-10-16-7-4-5-8-18(16)23/h4-5,7-8,17,19-20,24H,6,9-15H2,1-3H3/t17-,19+,20+/m0/s1. The van der Waals surface area contributed by atoms with Crippen LogP contribution in [-0.4, -0.2) is 55.0 Å². The first-order chi connectivity index (χ1) is 13.3. The third-order valence-electron chi connectivity index (χ3n) is 5.58. The summed E-state index contributed by atoms with van der Waals surface area (Å²) in [5.74, 6) is 0.0732. The quantitative estimate of drug-likeness (QED) is 0.829. The van der Waals surface area contributed by atoms with Crippen molar-refractivity contribution in [3.63, 3.8) is 0 Å². The zero-order valence-corrected chi connectivity index (χ0v) is 17.2. The molecule has 2 aliphatic rings. The number of hydrogen-bond donors (Lipinski definition) is 1. The third-order valence-corrected chi connectivity index (χ3v) is 5.58. The van der Waals surface area contributed by atoms with E-state index in [9.17, 15) is 9.18 Å². The Morgan fingerprint density at radius 3 is 2.86 bits per heavy atom. The van der Waals surface area contributed by atoms with Crippen LogP contribution in [0.15, 0.2) is 24.3 Å². The Balaban J connectivity index is 1.60. The molecule has 2 aliphatic heterocycles. The van der Waals surface area contributed by atoms with Crippen LogP contribution >= 0.6 is 0 Å². The van der Waals surface area contributed by atoms with Gasteiger partial charge in [0.2, 0.25) is 0 Å². The molecule has 1 amide bonds. The monoisotopic (exact) mass is 392 g/mol. The lowest BCUT2D eigenvalue weighted by molar-refractivity contribution is -0.0164. The number of carbonyl (C=O) groups is 1. The van der Waals surface area contributed by atoms with Crippen molar-refractivity contribution in [2.45, 2.75) is 64.1 Å². The molecule has 2 heterocycles. The zero-order chi connectivity index (χ0) is 20.1. The van der Waals surface area contributed by atoms with Gasteiger partial charge in [0.25, 0.3) is 0 Å². The minimum Gasteiger partial charge on any atom is -0.444 e. The maximum atomic E-state index is 13.8. The predicted octanol–water partition coefficient (Wildman–Crippen LogP) is 3.76. The number of carbonyl (C=O) groups excluding carboxylic acids is 1. The summed E-state index contributed by atoms with van der Waals surface area (Å²) in [5, 5.41) is 3.61. The fourth-order valence-electron chi connectivity index (χ4n) is 4.27. The van der Waals surface area contributed by atoms with Crippen molar-refractivity contribution in [3.05, 3.63) is 35.6 Å². The number of ether oxygens (including phenoxy) is 2. The molecule has 0 bridgehead atoms. The van der Waals surface area contributed by atoms with Crippen LogP contribution in [0.25, 0.3) is 0 Å². The topological polar surface area (TPSA) is 50.8 Å². The molecule has 1 aromatic carbocycles. The van der Waals surface area contributed by atoms with Crippen molar-refractivity contribution in [3.8, 4) is 0 Å². The minimum atomic E-state index is -0.495. The van der Waals surface area contributed by atoms with E-state index < -0.39 is 5.60 Å². The van der Waals surface area contributed by atoms with Crippen molar-refractivity contribution in [2.75, 3.05) is 26.3 Å². The maximum absolute atomic E-state index is 13.8. The van der Waals surface area contributed by atoms with Crippen LogP contribution in [0.1, 0.15) is 45.6 Å². The van der Waals surface area contributed by atoms with E-state index in [1.54, 1.807) is 6.07 Å². The molecule has 0 spiro atoms. The second-order valence-electron chi connectivity index (χ2n) is 8.81. The van der Waals surface area contributed by atoms with Crippen molar-refractivity contribution >= 4 is 6.09 Å². The van der Waals surface area contributed by atoms with E-state index in [1.807, 2.05) is 37.8 Å².